The summed E-state index contributed by atoms with van der Waals surface area (Å²) in [6.45, 7) is 1.43. The number of nitrogens with two attached hydrogens (primary N) is 1. The first-order valence-corrected chi connectivity index (χ1v) is 3.91. The minimum atomic E-state index is 0.594. The second-order valence-electron chi connectivity index (χ2n) is 2.41. The molecule has 0 rings (SSSR count). The van der Waals surface area contributed by atoms with Crippen molar-refractivity contribution < 1.29 is 1.37 Å². The van der Waals surface area contributed by atoms with Gasteiger partial charge in [0.25, 0.3) is 0 Å². The Morgan fingerprint density at radius 2 is 1.78 bits per heavy atom. The van der Waals surface area contributed by atoms with Crippen molar-refractivity contribution in [3.8, 4) is 0 Å². The molecule has 0 amide bonds. The van der Waals surface area contributed by atoms with Crippen molar-refractivity contribution in [2.75, 3.05) is 6.54 Å². The summed E-state index contributed by atoms with van der Waals surface area (Å²) in [7, 11) is 0. The summed E-state index contributed by atoms with van der Waals surface area (Å²) >= 11 is 0. The molecular formula is C8H19N. The maximum absolute atomic E-state index is 6.90. The summed E-state index contributed by atoms with van der Waals surface area (Å²) in [5.74, 6) is 0. The van der Waals surface area contributed by atoms with Gasteiger partial charge in [-0.25, -0.2) is 0 Å². The van der Waals surface area contributed by atoms with Gasteiger partial charge in [0.2, 0.25) is 0 Å². The van der Waals surface area contributed by atoms with Crippen LogP contribution in [0.5, 0.6) is 0 Å². The average Bonchev–Trinajstić information content (AvgIpc) is 1.97. The van der Waals surface area contributed by atoms with Gasteiger partial charge in [-0.15, -0.1) is 0 Å². The van der Waals surface area contributed by atoms with Crippen molar-refractivity contribution >= 4 is 0 Å². The fraction of sp³-hybridized carbons (Fsp3) is 1.00. The highest BCUT2D eigenvalue weighted by Crippen LogP contribution is 2.03. The van der Waals surface area contributed by atoms with Gasteiger partial charge in [-0.05, 0) is 13.0 Å². The highest BCUT2D eigenvalue weighted by molar-refractivity contribution is 4.43. The van der Waals surface area contributed by atoms with Crippen molar-refractivity contribution in [3.05, 3.63) is 0 Å². The van der Waals surface area contributed by atoms with E-state index in [-0.39, 0.29) is 0 Å². The Morgan fingerprint density at radius 3 is 2.44 bits per heavy atom. The van der Waals surface area contributed by atoms with Crippen molar-refractivity contribution in [2.24, 2.45) is 5.73 Å². The summed E-state index contributed by atoms with van der Waals surface area (Å²) in [6.07, 6.45) is 7.34. The van der Waals surface area contributed by atoms with E-state index in [0.29, 0.717) is 6.90 Å². The molecule has 0 saturated carbocycles. The predicted octanol–water partition coefficient (Wildman–Crippen LogP) is 2.31. The first kappa shape index (κ1) is 7.07. The fourth-order valence-electron chi connectivity index (χ4n) is 0.851. The molecule has 0 aliphatic heterocycles. The highest BCUT2D eigenvalue weighted by atomic mass is 14.5. The Balaban J connectivity index is 2.65. The number of hydrogen-bond acceptors (Lipinski definition) is 1. The minimum Gasteiger partial charge on any atom is -0.330 e. The normalized spacial score (nSPS) is 11.4. The standard InChI is InChI=1S/C8H19N/c1-2-3-4-5-6-7-8-9/h2-9H2,1H3/i1T. The molecule has 0 aromatic rings. The molecule has 1 heteroatoms. The Kier molecular flexibility index (Phi) is 6.25. The zero-order valence-electron chi connectivity index (χ0n) is 7.23. The van der Waals surface area contributed by atoms with Gasteiger partial charge >= 0.3 is 0 Å². The molecule has 0 bridgehead atoms. The van der Waals surface area contributed by atoms with E-state index in [9.17, 15) is 0 Å². The highest BCUT2D eigenvalue weighted by Gasteiger charge is 1.85. The van der Waals surface area contributed by atoms with E-state index in [1.807, 2.05) is 0 Å². The molecule has 56 valence electrons. The SMILES string of the molecule is [3H]CCCCCCCCN. The lowest BCUT2D eigenvalue weighted by Crippen LogP contribution is -1.97. The molecule has 0 aliphatic carbocycles. The summed E-state index contributed by atoms with van der Waals surface area (Å²) in [5.41, 5.74) is 5.34. The maximum Gasteiger partial charge on any atom is 0.0230 e. The Morgan fingerprint density at radius 1 is 1.11 bits per heavy atom. The Labute approximate surface area is 60.0 Å². The second kappa shape index (κ2) is 7.96. The summed E-state index contributed by atoms with van der Waals surface area (Å²) in [6, 6.07) is 0. The fourth-order valence-corrected chi connectivity index (χ4v) is 0.851. The lowest BCUT2D eigenvalue weighted by atomic mass is 10.1. The summed E-state index contributed by atoms with van der Waals surface area (Å²) in [5, 5.41) is 0. The number of hydrogen-bond donors (Lipinski definition) is 1. The van der Waals surface area contributed by atoms with Crippen LogP contribution in [0.3, 0.4) is 0 Å². The third-order valence-electron chi connectivity index (χ3n) is 1.45. The molecule has 0 aromatic carbocycles. The third kappa shape index (κ3) is 7.96. The van der Waals surface area contributed by atoms with E-state index in [2.05, 4.69) is 0 Å². The van der Waals surface area contributed by atoms with Crippen molar-refractivity contribution in [1.29, 1.82) is 0 Å². The van der Waals surface area contributed by atoms with Crippen LogP contribution in [0.15, 0.2) is 0 Å². The molecular weight excluding hydrogens is 110 g/mol. The smallest absolute Gasteiger partial charge is 0.0230 e. The first-order chi connectivity index (χ1) is 4.91. The molecule has 0 spiro atoms. The zero-order valence-corrected chi connectivity index (χ0v) is 6.23. The van der Waals surface area contributed by atoms with Gasteiger partial charge in [0, 0.05) is 1.37 Å². The van der Waals surface area contributed by atoms with Gasteiger partial charge in [0.15, 0.2) is 0 Å². The monoisotopic (exact) mass is 131 g/mol. The molecule has 0 unspecified atom stereocenters. The van der Waals surface area contributed by atoms with Crippen LogP contribution >= 0.6 is 0 Å². The maximum atomic E-state index is 6.90. The molecule has 0 atom stereocenters. The van der Waals surface area contributed by atoms with Crippen LogP contribution in [0.2, 0.25) is 0 Å². The molecule has 0 fully saturated rings. The molecule has 2 N–H and O–H groups in total. The minimum absolute atomic E-state index is 0.594. The Bertz CT molecular complexity index is 49.2. The summed E-state index contributed by atoms with van der Waals surface area (Å²) < 4.78 is 6.90. The quantitative estimate of drug-likeness (QED) is 0.550. The van der Waals surface area contributed by atoms with Crippen LogP contribution in [-0.2, 0) is 0 Å². The van der Waals surface area contributed by atoms with Gasteiger partial charge in [-0.2, -0.15) is 0 Å². The lowest BCUT2D eigenvalue weighted by molar-refractivity contribution is 0.612. The van der Waals surface area contributed by atoms with E-state index < -0.39 is 0 Å². The van der Waals surface area contributed by atoms with Gasteiger partial charge in [-0.1, -0.05) is 39.0 Å². The lowest BCUT2D eigenvalue weighted by Gasteiger charge is -1.96. The van der Waals surface area contributed by atoms with Crippen LogP contribution in [0, 0.1) is 0 Å². The van der Waals surface area contributed by atoms with Crippen LogP contribution < -0.4 is 5.73 Å². The Hall–Kier alpha value is -0.0400. The van der Waals surface area contributed by atoms with E-state index in [1.165, 1.54) is 32.1 Å². The number of unbranched alkanes of at least 4 members (excludes halogenated alkanes) is 5. The van der Waals surface area contributed by atoms with E-state index in [0.717, 1.165) is 13.0 Å². The molecule has 0 aliphatic rings. The molecule has 9 heavy (non-hydrogen) atoms. The van der Waals surface area contributed by atoms with Crippen molar-refractivity contribution in [2.45, 2.75) is 45.4 Å². The van der Waals surface area contributed by atoms with Gasteiger partial charge in [-0.3, -0.25) is 0 Å². The van der Waals surface area contributed by atoms with Gasteiger partial charge < -0.3 is 5.73 Å². The van der Waals surface area contributed by atoms with Crippen LogP contribution in [0.25, 0.3) is 0 Å². The molecule has 0 heterocycles. The zero-order chi connectivity index (χ0) is 7.66. The first-order valence-electron chi connectivity index (χ1n) is 4.62. The van der Waals surface area contributed by atoms with E-state index in [4.69, 9.17) is 7.10 Å². The van der Waals surface area contributed by atoms with Gasteiger partial charge in [0.05, 0.1) is 0 Å². The largest absolute Gasteiger partial charge is 0.330 e. The molecule has 0 radical (unpaired) electrons. The molecule has 0 saturated heterocycles. The van der Waals surface area contributed by atoms with E-state index >= 15 is 0 Å². The number of rotatable bonds is 6. The van der Waals surface area contributed by atoms with Crippen molar-refractivity contribution in [3.63, 3.8) is 0 Å². The van der Waals surface area contributed by atoms with Crippen LogP contribution in [-0.4, -0.2) is 6.54 Å². The second-order valence-corrected chi connectivity index (χ2v) is 2.41. The van der Waals surface area contributed by atoms with E-state index in [1.54, 1.807) is 0 Å². The molecule has 1 nitrogen and oxygen atoms in total. The summed E-state index contributed by atoms with van der Waals surface area (Å²) in [4.78, 5) is 0. The van der Waals surface area contributed by atoms with Gasteiger partial charge in [0.1, 0.15) is 0 Å². The third-order valence-corrected chi connectivity index (χ3v) is 1.45. The topological polar surface area (TPSA) is 26.0 Å². The van der Waals surface area contributed by atoms with Crippen LogP contribution in [0.1, 0.15) is 46.8 Å². The van der Waals surface area contributed by atoms with Crippen molar-refractivity contribution in [1.82, 2.24) is 0 Å². The predicted molar refractivity (Wildman–Crippen MR) is 42.4 cm³/mol. The van der Waals surface area contributed by atoms with Crippen LogP contribution in [0.4, 0.5) is 0 Å². The average molecular weight is 131 g/mol. The molecule has 0 aromatic heterocycles.